The molecule has 0 radical (unpaired) electrons. The second kappa shape index (κ2) is 9.95. The smallest absolute Gasteiger partial charge is 0.331 e. The number of rotatable bonds is 8. The van der Waals surface area contributed by atoms with Gasteiger partial charge in [0.05, 0.1) is 23.7 Å². The molecule has 3 aromatic rings. The SMILES string of the molecule is COc1c(/C(C)=N/OC(C)=O)ccc2c1c1cc(N)ccc1n2CC(=O)OC(C)CSC. The van der Waals surface area contributed by atoms with Crippen LogP contribution in [-0.4, -0.2) is 47.4 Å². The Bertz CT molecular complexity index is 1200. The van der Waals surface area contributed by atoms with Gasteiger partial charge in [-0.15, -0.1) is 0 Å². The number of carbonyl (C=O) groups is 2. The van der Waals surface area contributed by atoms with Gasteiger partial charge >= 0.3 is 11.9 Å². The maximum Gasteiger partial charge on any atom is 0.331 e. The van der Waals surface area contributed by atoms with Crippen molar-refractivity contribution in [3.05, 3.63) is 35.9 Å². The molecule has 8 nitrogen and oxygen atoms in total. The zero-order valence-corrected chi connectivity index (χ0v) is 19.6. The second-order valence-corrected chi connectivity index (χ2v) is 8.33. The fraction of sp³-hybridized carbons (Fsp3) is 0.348. The minimum absolute atomic E-state index is 0.0473. The van der Waals surface area contributed by atoms with E-state index in [2.05, 4.69) is 5.16 Å². The highest BCUT2D eigenvalue weighted by molar-refractivity contribution is 7.98. The first-order valence-electron chi connectivity index (χ1n) is 10.1. The first kappa shape index (κ1) is 23.5. The van der Waals surface area contributed by atoms with Crippen molar-refractivity contribution in [3.8, 4) is 5.75 Å². The number of fused-ring (bicyclic) bond motifs is 3. The van der Waals surface area contributed by atoms with Crippen LogP contribution in [0.5, 0.6) is 5.75 Å². The van der Waals surface area contributed by atoms with Crippen molar-refractivity contribution in [2.24, 2.45) is 5.16 Å². The molecule has 1 unspecified atom stereocenters. The number of oxime groups is 1. The van der Waals surface area contributed by atoms with Crippen molar-refractivity contribution < 1.29 is 23.9 Å². The van der Waals surface area contributed by atoms with Crippen LogP contribution in [0, 0.1) is 0 Å². The molecule has 1 atom stereocenters. The summed E-state index contributed by atoms with van der Waals surface area (Å²) in [5.74, 6) is 0.447. The minimum atomic E-state index is -0.511. The fourth-order valence-corrected chi connectivity index (χ4v) is 4.22. The van der Waals surface area contributed by atoms with Crippen LogP contribution in [0.2, 0.25) is 0 Å². The van der Waals surface area contributed by atoms with Crippen LogP contribution in [0.1, 0.15) is 26.3 Å². The van der Waals surface area contributed by atoms with Gasteiger partial charge in [0.2, 0.25) is 0 Å². The lowest BCUT2D eigenvalue weighted by atomic mass is 10.0. The summed E-state index contributed by atoms with van der Waals surface area (Å²) in [6.45, 7) is 4.94. The molecule has 32 heavy (non-hydrogen) atoms. The maximum absolute atomic E-state index is 12.7. The van der Waals surface area contributed by atoms with E-state index in [0.29, 0.717) is 22.7 Å². The number of thioether (sulfide) groups is 1. The van der Waals surface area contributed by atoms with E-state index in [9.17, 15) is 9.59 Å². The van der Waals surface area contributed by atoms with Gasteiger partial charge in [0, 0.05) is 34.8 Å². The molecular formula is C23H27N3O5S. The summed E-state index contributed by atoms with van der Waals surface area (Å²) in [5, 5.41) is 5.52. The molecule has 0 bridgehead atoms. The van der Waals surface area contributed by atoms with Crippen molar-refractivity contribution in [2.45, 2.75) is 33.4 Å². The van der Waals surface area contributed by atoms with Crippen LogP contribution in [0.25, 0.3) is 21.8 Å². The molecule has 3 rings (SSSR count). The van der Waals surface area contributed by atoms with E-state index in [4.69, 9.17) is 20.0 Å². The summed E-state index contributed by atoms with van der Waals surface area (Å²) in [6, 6.07) is 9.22. The van der Waals surface area contributed by atoms with Crippen molar-refractivity contribution in [2.75, 3.05) is 24.9 Å². The predicted molar refractivity (Wildman–Crippen MR) is 128 cm³/mol. The number of nitrogens with zero attached hydrogens (tertiary/aromatic N) is 2. The van der Waals surface area contributed by atoms with Crippen molar-refractivity contribution in [1.82, 2.24) is 4.57 Å². The Morgan fingerprint density at radius 1 is 1.19 bits per heavy atom. The Morgan fingerprint density at radius 2 is 1.91 bits per heavy atom. The Morgan fingerprint density at radius 3 is 2.56 bits per heavy atom. The molecule has 9 heteroatoms. The predicted octanol–water partition coefficient (Wildman–Crippen LogP) is 3.97. The van der Waals surface area contributed by atoms with E-state index in [1.54, 1.807) is 31.9 Å². The average Bonchev–Trinajstić information content (AvgIpc) is 3.04. The second-order valence-electron chi connectivity index (χ2n) is 7.42. The Kier molecular flexibility index (Phi) is 7.29. The molecule has 1 heterocycles. The number of hydrogen-bond acceptors (Lipinski definition) is 8. The van der Waals surface area contributed by atoms with Gasteiger partial charge in [0.15, 0.2) is 0 Å². The third-order valence-corrected chi connectivity index (χ3v) is 5.74. The van der Waals surface area contributed by atoms with Gasteiger partial charge in [0.1, 0.15) is 18.4 Å². The summed E-state index contributed by atoms with van der Waals surface area (Å²) in [6.07, 6.45) is 1.79. The quantitative estimate of drug-likeness (QED) is 0.179. The first-order chi connectivity index (χ1) is 15.3. The normalized spacial score (nSPS) is 12.7. The lowest BCUT2D eigenvalue weighted by Crippen LogP contribution is -2.21. The van der Waals surface area contributed by atoms with Gasteiger partial charge < -0.3 is 24.6 Å². The molecule has 170 valence electrons. The summed E-state index contributed by atoms with van der Waals surface area (Å²) < 4.78 is 13.2. The van der Waals surface area contributed by atoms with Crippen LogP contribution in [0.15, 0.2) is 35.5 Å². The topological polar surface area (TPSA) is 105 Å². The molecule has 0 saturated heterocycles. The number of benzene rings is 2. The highest BCUT2D eigenvalue weighted by Crippen LogP contribution is 2.39. The molecule has 0 aliphatic carbocycles. The van der Waals surface area contributed by atoms with Gasteiger partial charge in [-0.1, -0.05) is 5.16 Å². The Hall–Kier alpha value is -3.20. The number of anilines is 1. The Labute approximate surface area is 190 Å². The van der Waals surface area contributed by atoms with Crippen LogP contribution >= 0.6 is 11.8 Å². The summed E-state index contributed by atoms with van der Waals surface area (Å²) in [7, 11) is 1.56. The maximum atomic E-state index is 12.7. The zero-order valence-electron chi connectivity index (χ0n) is 18.8. The molecule has 0 amide bonds. The number of esters is 1. The lowest BCUT2D eigenvalue weighted by molar-refractivity contribution is -0.147. The van der Waals surface area contributed by atoms with E-state index in [1.807, 2.05) is 42.0 Å². The number of nitrogens with two attached hydrogens (primary N) is 1. The zero-order chi connectivity index (χ0) is 23.4. The van der Waals surface area contributed by atoms with Crippen molar-refractivity contribution in [3.63, 3.8) is 0 Å². The van der Waals surface area contributed by atoms with E-state index >= 15 is 0 Å². The van der Waals surface area contributed by atoms with E-state index in [0.717, 1.165) is 27.6 Å². The number of carbonyl (C=O) groups excluding carboxylic acids is 2. The molecule has 2 N–H and O–H groups in total. The molecule has 0 saturated carbocycles. The number of nitrogen functional groups attached to an aromatic ring is 1. The minimum Gasteiger partial charge on any atom is -0.495 e. The van der Waals surface area contributed by atoms with Crippen LogP contribution in [0.3, 0.4) is 0 Å². The van der Waals surface area contributed by atoms with E-state index in [1.165, 1.54) is 6.92 Å². The lowest BCUT2D eigenvalue weighted by Gasteiger charge is -2.14. The number of hydrogen-bond donors (Lipinski definition) is 1. The molecular weight excluding hydrogens is 430 g/mol. The standard InChI is InChI=1S/C23H27N3O5S/c1-13(12-32-5)30-21(28)11-26-19-8-6-16(24)10-18(19)22-20(26)9-7-17(23(22)29-4)14(2)25-31-15(3)27/h6-10,13H,11-12,24H2,1-5H3/b25-14+. The van der Waals surface area contributed by atoms with Crippen LogP contribution in [0.4, 0.5) is 5.69 Å². The third kappa shape index (κ3) is 4.83. The van der Waals surface area contributed by atoms with E-state index in [-0.39, 0.29) is 18.6 Å². The average molecular weight is 458 g/mol. The van der Waals surface area contributed by atoms with Gasteiger partial charge in [0.25, 0.3) is 0 Å². The monoisotopic (exact) mass is 457 g/mol. The molecule has 0 fully saturated rings. The first-order valence-corrected chi connectivity index (χ1v) is 11.5. The molecule has 0 aliphatic heterocycles. The number of methoxy groups -OCH3 is 1. The molecule has 0 aliphatic rings. The van der Waals surface area contributed by atoms with Crippen molar-refractivity contribution in [1.29, 1.82) is 0 Å². The number of ether oxygens (including phenoxy) is 2. The number of aromatic nitrogens is 1. The van der Waals surface area contributed by atoms with E-state index < -0.39 is 5.97 Å². The Balaban J connectivity index is 2.18. The van der Waals surface area contributed by atoms with Gasteiger partial charge in [-0.05, 0) is 50.4 Å². The highest BCUT2D eigenvalue weighted by Gasteiger charge is 2.21. The largest absolute Gasteiger partial charge is 0.495 e. The fourth-order valence-electron chi connectivity index (χ4n) is 3.69. The third-order valence-electron chi connectivity index (χ3n) is 4.93. The van der Waals surface area contributed by atoms with Crippen molar-refractivity contribution >= 4 is 56.9 Å². The van der Waals surface area contributed by atoms with Gasteiger partial charge in [-0.2, -0.15) is 11.8 Å². The molecule has 0 spiro atoms. The molecule has 1 aromatic heterocycles. The highest BCUT2D eigenvalue weighted by atomic mass is 32.2. The summed E-state index contributed by atoms with van der Waals surface area (Å²) in [5.41, 5.74) is 9.42. The van der Waals surface area contributed by atoms with Gasteiger partial charge in [-0.25, -0.2) is 4.79 Å². The molecule has 2 aromatic carbocycles. The van der Waals surface area contributed by atoms with Crippen LogP contribution in [-0.2, 0) is 25.7 Å². The van der Waals surface area contributed by atoms with Crippen LogP contribution < -0.4 is 10.5 Å². The van der Waals surface area contributed by atoms with Gasteiger partial charge in [-0.3, -0.25) is 4.79 Å². The summed E-state index contributed by atoms with van der Waals surface area (Å²) >= 11 is 1.62. The summed E-state index contributed by atoms with van der Waals surface area (Å²) in [4.78, 5) is 28.6.